The summed E-state index contributed by atoms with van der Waals surface area (Å²) in [6, 6.07) is 7.16. The van der Waals surface area contributed by atoms with E-state index < -0.39 is 10.0 Å². The van der Waals surface area contributed by atoms with Crippen molar-refractivity contribution in [2.75, 3.05) is 18.8 Å². The van der Waals surface area contributed by atoms with E-state index >= 15 is 0 Å². The first-order chi connectivity index (χ1) is 14.5. The lowest BCUT2D eigenvalue weighted by atomic mass is 10.1. The van der Waals surface area contributed by atoms with Crippen molar-refractivity contribution in [3.8, 4) is 0 Å². The molecule has 0 spiro atoms. The van der Waals surface area contributed by atoms with Crippen LogP contribution in [-0.4, -0.2) is 36.7 Å². The second-order valence-corrected chi connectivity index (χ2v) is 10.9. The van der Waals surface area contributed by atoms with Gasteiger partial charge in [0.1, 0.15) is 0 Å². The van der Waals surface area contributed by atoms with E-state index in [9.17, 15) is 8.42 Å². The fraction of sp³-hybridized carbons (Fsp3) is 0.708. The number of benzene rings is 1. The van der Waals surface area contributed by atoms with E-state index in [2.05, 4.69) is 20.8 Å². The number of amidine groups is 1. The molecule has 6 heteroatoms. The quantitative estimate of drug-likeness (QED) is 0.162. The van der Waals surface area contributed by atoms with Crippen LogP contribution in [0.1, 0.15) is 90.5 Å². The van der Waals surface area contributed by atoms with Crippen molar-refractivity contribution in [2.45, 2.75) is 96.8 Å². The first-order valence-electron chi connectivity index (χ1n) is 11.7. The summed E-state index contributed by atoms with van der Waals surface area (Å²) in [4.78, 5) is 5.12. The van der Waals surface area contributed by atoms with Crippen LogP contribution >= 0.6 is 11.8 Å². The first-order valence-corrected chi connectivity index (χ1v) is 14.2. The molecule has 30 heavy (non-hydrogen) atoms. The molecule has 0 heterocycles. The Morgan fingerprint density at radius 2 is 1.43 bits per heavy atom. The number of hydrogen-bond acceptors (Lipinski definition) is 4. The lowest BCUT2D eigenvalue weighted by molar-refractivity contribution is 0.500. The first kappa shape index (κ1) is 27.0. The van der Waals surface area contributed by atoms with Gasteiger partial charge >= 0.3 is 0 Å². The highest BCUT2D eigenvalue weighted by molar-refractivity contribution is 8.14. The van der Waals surface area contributed by atoms with E-state index in [1.54, 1.807) is 28.2 Å². The molecule has 0 aromatic heterocycles. The van der Waals surface area contributed by atoms with Crippen LogP contribution in [0.5, 0.6) is 0 Å². The highest BCUT2D eigenvalue weighted by Crippen LogP contribution is 2.22. The van der Waals surface area contributed by atoms with Crippen LogP contribution in [0.4, 0.5) is 0 Å². The molecule has 0 saturated heterocycles. The smallest absolute Gasteiger partial charge is 0.262 e. The molecule has 0 aliphatic carbocycles. The zero-order chi connectivity index (χ0) is 22.2. The van der Waals surface area contributed by atoms with Gasteiger partial charge in [-0.05, 0) is 37.7 Å². The lowest BCUT2D eigenvalue weighted by Crippen LogP contribution is -2.36. The zero-order valence-corrected chi connectivity index (χ0v) is 21.2. The highest BCUT2D eigenvalue weighted by atomic mass is 32.2. The van der Waals surface area contributed by atoms with Crippen LogP contribution in [0, 0.1) is 6.92 Å². The normalized spacial score (nSPS) is 12.3. The fourth-order valence-electron chi connectivity index (χ4n) is 3.23. The largest absolute Gasteiger partial charge is 0.265 e. The molecule has 172 valence electrons. The van der Waals surface area contributed by atoms with Gasteiger partial charge in [-0.1, -0.05) is 102 Å². The molecule has 1 aromatic carbocycles. The number of unbranched alkanes of at least 4 members (excludes halogenated alkanes) is 8. The molecule has 0 unspecified atom stereocenters. The molecular weight excluding hydrogens is 412 g/mol. The average molecular weight is 455 g/mol. The van der Waals surface area contributed by atoms with Gasteiger partial charge in [-0.2, -0.15) is 0 Å². The fourth-order valence-corrected chi connectivity index (χ4v) is 5.73. The standard InChI is InChI=1S/C24H42N2O2S2/c1-5-8-10-12-14-20-25-24(29-7-3)26(21-15-13-11-9-6-2)30(27,28)23-18-16-22(4)17-19-23/h16-19H,5-15,20-21H2,1-4H3. The molecular formula is C24H42N2O2S2. The van der Waals surface area contributed by atoms with Gasteiger partial charge in [0, 0.05) is 13.1 Å². The van der Waals surface area contributed by atoms with Crippen LogP contribution in [0.3, 0.4) is 0 Å². The minimum Gasteiger partial charge on any atom is -0.262 e. The van der Waals surface area contributed by atoms with Gasteiger partial charge < -0.3 is 0 Å². The minimum absolute atomic E-state index is 0.356. The molecule has 0 saturated carbocycles. The monoisotopic (exact) mass is 454 g/mol. The second-order valence-electron chi connectivity index (χ2n) is 7.82. The summed E-state index contributed by atoms with van der Waals surface area (Å²) >= 11 is 1.54. The molecule has 0 atom stereocenters. The molecule has 1 aromatic rings. The summed E-state index contributed by atoms with van der Waals surface area (Å²) in [5, 5.41) is 0.657. The predicted molar refractivity (Wildman–Crippen MR) is 133 cm³/mol. The van der Waals surface area contributed by atoms with Crippen molar-refractivity contribution in [1.29, 1.82) is 0 Å². The number of thioether (sulfide) groups is 1. The molecule has 0 N–H and O–H groups in total. The highest BCUT2D eigenvalue weighted by Gasteiger charge is 2.27. The second kappa shape index (κ2) is 15.7. The molecule has 4 nitrogen and oxygen atoms in total. The summed E-state index contributed by atoms with van der Waals surface area (Å²) in [6.07, 6.45) is 11.3. The van der Waals surface area contributed by atoms with E-state index in [0.29, 0.717) is 23.2 Å². The van der Waals surface area contributed by atoms with Gasteiger partial charge in [-0.25, -0.2) is 12.7 Å². The summed E-state index contributed by atoms with van der Waals surface area (Å²) in [6.45, 7) is 9.63. The Morgan fingerprint density at radius 1 is 0.867 bits per heavy atom. The third-order valence-electron chi connectivity index (χ3n) is 5.07. The van der Waals surface area contributed by atoms with Crippen molar-refractivity contribution >= 4 is 27.0 Å². The molecule has 0 aliphatic heterocycles. The summed E-state index contributed by atoms with van der Waals surface area (Å²) in [5.41, 5.74) is 1.06. The van der Waals surface area contributed by atoms with Gasteiger partial charge in [0.15, 0.2) is 5.17 Å². The van der Waals surface area contributed by atoms with Gasteiger partial charge in [-0.15, -0.1) is 0 Å². The number of aryl methyl sites for hydroxylation is 1. The van der Waals surface area contributed by atoms with Crippen molar-refractivity contribution in [3.05, 3.63) is 29.8 Å². The lowest BCUT2D eigenvalue weighted by Gasteiger charge is -2.25. The molecule has 0 aliphatic rings. The van der Waals surface area contributed by atoms with Gasteiger partial charge in [0.2, 0.25) is 0 Å². The third-order valence-corrected chi connectivity index (χ3v) is 7.88. The SMILES string of the molecule is CCCCCCCN=C(SCC)N(CCCCCCC)S(=O)(=O)c1ccc(C)cc1. The van der Waals surface area contributed by atoms with Crippen molar-refractivity contribution in [1.82, 2.24) is 4.31 Å². The van der Waals surface area contributed by atoms with Crippen LogP contribution in [0.25, 0.3) is 0 Å². The maximum atomic E-state index is 13.5. The van der Waals surface area contributed by atoms with Crippen LogP contribution in [-0.2, 0) is 10.0 Å². The molecule has 0 radical (unpaired) electrons. The van der Waals surface area contributed by atoms with Crippen LogP contribution in [0.2, 0.25) is 0 Å². The Bertz CT molecular complexity index is 700. The van der Waals surface area contributed by atoms with Crippen LogP contribution < -0.4 is 0 Å². The Hall–Kier alpha value is -1.01. The van der Waals surface area contributed by atoms with Gasteiger partial charge in [0.05, 0.1) is 4.90 Å². The topological polar surface area (TPSA) is 49.7 Å². The summed E-state index contributed by atoms with van der Waals surface area (Å²) < 4.78 is 28.5. The van der Waals surface area contributed by atoms with E-state index in [4.69, 9.17) is 4.99 Å². The minimum atomic E-state index is -3.60. The van der Waals surface area contributed by atoms with E-state index in [-0.39, 0.29) is 0 Å². The van der Waals surface area contributed by atoms with Crippen LogP contribution in [0.15, 0.2) is 34.2 Å². The Labute approximate surface area is 190 Å². The van der Waals surface area contributed by atoms with Gasteiger partial charge in [0.25, 0.3) is 10.0 Å². The number of hydrogen-bond donors (Lipinski definition) is 0. The molecule has 0 fully saturated rings. The van der Waals surface area contributed by atoms with Crippen molar-refractivity contribution in [3.63, 3.8) is 0 Å². The number of aliphatic imine (C=N–C) groups is 1. The van der Waals surface area contributed by atoms with E-state index in [0.717, 1.165) is 43.4 Å². The van der Waals surface area contributed by atoms with E-state index in [1.807, 2.05) is 19.1 Å². The maximum absolute atomic E-state index is 13.5. The number of sulfonamides is 1. The summed E-state index contributed by atoms with van der Waals surface area (Å²) in [7, 11) is -3.60. The Balaban J connectivity index is 3.00. The predicted octanol–water partition coefficient (Wildman–Crippen LogP) is 7.04. The third kappa shape index (κ3) is 9.86. The van der Waals surface area contributed by atoms with Crippen molar-refractivity contribution < 1.29 is 8.42 Å². The molecule has 0 bridgehead atoms. The molecule has 1 rings (SSSR count). The average Bonchev–Trinajstić information content (AvgIpc) is 2.73. The van der Waals surface area contributed by atoms with Crippen molar-refractivity contribution in [2.24, 2.45) is 4.99 Å². The van der Waals surface area contributed by atoms with Gasteiger partial charge in [-0.3, -0.25) is 4.99 Å². The number of rotatable bonds is 15. The zero-order valence-electron chi connectivity index (χ0n) is 19.5. The maximum Gasteiger partial charge on any atom is 0.265 e. The Kier molecular flexibility index (Phi) is 14.2. The molecule has 0 amide bonds. The summed E-state index contributed by atoms with van der Waals surface area (Å²) in [5.74, 6) is 0.810. The number of nitrogens with zero attached hydrogens (tertiary/aromatic N) is 2. The van der Waals surface area contributed by atoms with E-state index in [1.165, 1.54) is 32.1 Å². The Morgan fingerprint density at radius 3 is 2.00 bits per heavy atom.